The van der Waals surface area contributed by atoms with Gasteiger partial charge in [-0.05, 0) is 43.0 Å². The van der Waals surface area contributed by atoms with Gasteiger partial charge in [0, 0.05) is 30.6 Å². The van der Waals surface area contributed by atoms with Gasteiger partial charge in [-0.3, -0.25) is 0 Å². The summed E-state index contributed by atoms with van der Waals surface area (Å²) >= 11 is 1.48. The Balaban J connectivity index is 1.43. The minimum atomic E-state index is -0.903. The minimum absolute atomic E-state index is 0.305. The van der Waals surface area contributed by atoms with Gasteiger partial charge in [0.15, 0.2) is 11.5 Å². The van der Waals surface area contributed by atoms with Crippen molar-refractivity contribution >= 4 is 23.2 Å². The van der Waals surface area contributed by atoms with Crippen LogP contribution >= 0.6 is 11.3 Å². The van der Waals surface area contributed by atoms with E-state index < -0.39 is 6.09 Å². The van der Waals surface area contributed by atoms with E-state index in [1.54, 1.807) is 26.8 Å². The molecule has 0 saturated carbocycles. The van der Waals surface area contributed by atoms with Crippen molar-refractivity contribution in [3.63, 3.8) is 0 Å². The molecule has 1 N–H and O–H groups in total. The maximum absolute atomic E-state index is 11.7. The molecule has 1 aromatic carbocycles. The molecule has 0 unspecified atom stereocenters. The Kier molecular flexibility index (Phi) is 7.91. The molecule has 0 spiro atoms. The molecule has 2 aromatic heterocycles. The minimum Gasteiger partial charge on any atom is -0.493 e. The lowest BCUT2D eigenvalue weighted by Gasteiger charge is -2.34. The summed E-state index contributed by atoms with van der Waals surface area (Å²) in [4.78, 5) is 24.6. The molecule has 1 amide bonds. The van der Waals surface area contributed by atoms with Crippen molar-refractivity contribution in [3.05, 3.63) is 46.9 Å². The number of nitrogens with zero attached hydrogens (tertiary/aromatic N) is 4. The molecular formula is C25H30N4O5S. The molecule has 3 aromatic rings. The maximum Gasteiger partial charge on any atom is 0.407 e. The molecule has 0 radical (unpaired) electrons. The van der Waals surface area contributed by atoms with Crippen LogP contribution in [0.4, 0.5) is 10.6 Å². The first-order chi connectivity index (χ1) is 17.0. The number of hydrogen-bond donors (Lipinski definition) is 1. The van der Waals surface area contributed by atoms with Crippen LogP contribution in [0.5, 0.6) is 17.2 Å². The fourth-order valence-corrected chi connectivity index (χ4v) is 4.92. The van der Waals surface area contributed by atoms with Crippen molar-refractivity contribution in [1.82, 2.24) is 14.9 Å². The Hall–Kier alpha value is -3.53. The monoisotopic (exact) mass is 498 g/mol. The van der Waals surface area contributed by atoms with Gasteiger partial charge < -0.3 is 29.1 Å². The zero-order chi connectivity index (χ0) is 24.8. The molecule has 3 heterocycles. The van der Waals surface area contributed by atoms with Gasteiger partial charge in [0.2, 0.25) is 5.75 Å². The van der Waals surface area contributed by atoms with E-state index in [0.717, 1.165) is 48.7 Å². The van der Waals surface area contributed by atoms with Crippen LogP contribution in [0.3, 0.4) is 0 Å². The first-order valence-electron chi connectivity index (χ1n) is 11.4. The normalized spacial score (nSPS) is 14.0. The van der Waals surface area contributed by atoms with Gasteiger partial charge in [-0.25, -0.2) is 14.8 Å². The summed E-state index contributed by atoms with van der Waals surface area (Å²) in [7, 11) is 4.77. The van der Waals surface area contributed by atoms with Crippen molar-refractivity contribution in [2.24, 2.45) is 5.92 Å². The highest BCUT2D eigenvalue weighted by molar-refractivity contribution is 7.07. The highest BCUT2D eigenvalue weighted by atomic mass is 32.1. The van der Waals surface area contributed by atoms with Crippen molar-refractivity contribution < 1.29 is 24.1 Å². The summed E-state index contributed by atoms with van der Waals surface area (Å²) in [6.07, 6.45) is 0.897. The lowest BCUT2D eigenvalue weighted by Crippen LogP contribution is -2.40. The average Bonchev–Trinajstić information content (AvgIpc) is 3.41. The van der Waals surface area contributed by atoms with Crippen molar-refractivity contribution in [1.29, 1.82) is 0 Å². The second-order valence-corrected chi connectivity index (χ2v) is 9.09. The third-order valence-electron chi connectivity index (χ3n) is 6.22. The van der Waals surface area contributed by atoms with Crippen molar-refractivity contribution in [2.45, 2.75) is 19.4 Å². The lowest BCUT2D eigenvalue weighted by atomic mass is 9.96. The Morgan fingerprint density at radius 1 is 1.14 bits per heavy atom. The molecule has 1 aliphatic rings. The predicted molar refractivity (Wildman–Crippen MR) is 135 cm³/mol. The van der Waals surface area contributed by atoms with Crippen molar-refractivity contribution in [2.75, 3.05) is 45.9 Å². The van der Waals surface area contributed by atoms with Gasteiger partial charge >= 0.3 is 6.09 Å². The van der Waals surface area contributed by atoms with E-state index in [4.69, 9.17) is 19.2 Å². The zero-order valence-corrected chi connectivity index (χ0v) is 21.0. The van der Waals surface area contributed by atoms with Crippen LogP contribution in [-0.2, 0) is 6.54 Å². The van der Waals surface area contributed by atoms with Crippen molar-refractivity contribution in [3.8, 4) is 28.5 Å². The molecule has 35 heavy (non-hydrogen) atoms. The quantitative estimate of drug-likeness (QED) is 0.456. The fraction of sp³-hybridized carbons (Fsp3) is 0.400. The molecule has 10 heteroatoms. The number of hydrogen-bond acceptors (Lipinski definition) is 8. The van der Waals surface area contributed by atoms with E-state index in [0.29, 0.717) is 36.3 Å². The molecule has 0 aliphatic carbocycles. The molecule has 1 fully saturated rings. The fourth-order valence-electron chi connectivity index (χ4n) is 4.37. The van der Waals surface area contributed by atoms with Crippen LogP contribution in [0.25, 0.3) is 11.3 Å². The van der Waals surface area contributed by atoms with Crippen LogP contribution in [0.15, 0.2) is 41.2 Å². The summed E-state index contributed by atoms with van der Waals surface area (Å²) < 4.78 is 16.4. The first-order valence-corrected chi connectivity index (χ1v) is 12.3. The van der Waals surface area contributed by atoms with Gasteiger partial charge in [-0.1, -0.05) is 6.07 Å². The molecule has 1 aliphatic heterocycles. The SMILES string of the molecule is COc1cc(-c2cccc(N3CCC(CN(Cc4cscn4)C(=O)O)CC3)n2)cc(OC)c1OC. The van der Waals surface area contributed by atoms with Gasteiger partial charge in [-0.2, -0.15) is 0 Å². The highest BCUT2D eigenvalue weighted by Crippen LogP contribution is 2.41. The molecular weight excluding hydrogens is 468 g/mol. The molecule has 4 rings (SSSR count). The van der Waals surface area contributed by atoms with Crippen LogP contribution in [-0.4, -0.2) is 67.0 Å². The summed E-state index contributed by atoms with van der Waals surface area (Å²) in [5.41, 5.74) is 4.20. The molecule has 9 nitrogen and oxygen atoms in total. The maximum atomic E-state index is 11.7. The topological polar surface area (TPSA) is 97.3 Å². The number of aromatic nitrogens is 2. The number of carboxylic acid groups (broad SMARTS) is 1. The van der Waals surface area contributed by atoms with E-state index in [9.17, 15) is 9.90 Å². The summed E-state index contributed by atoms with van der Waals surface area (Å²) in [6, 6.07) is 9.74. The van der Waals surface area contributed by atoms with E-state index in [-0.39, 0.29) is 0 Å². The number of pyridine rings is 1. The van der Waals surface area contributed by atoms with Gasteiger partial charge in [0.05, 0.1) is 44.8 Å². The number of benzene rings is 1. The Bertz CT molecular complexity index is 1110. The summed E-state index contributed by atoms with van der Waals surface area (Å²) in [6.45, 7) is 2.48. The molecule has 0 atom stereocenters. The van der Waals surface area contributed by atoms with Crippen LogP contribution in [0.2, 0.25) is 0 Å². The van der Waals surface area contributed by atoms with E-state index in [1.165, 1.54) is 16.2 Å². The Morgan fingerprint density at radius 2 is 1.86 bits per heavy atom. The first kappa shape index (κ1) is 24.6. The van der Waals surface area contributed by atoms with E-state index >= 15 is 0 Å². The molecule has 1 saturated heterocycles. The van der Waals surface area contributed by atoms with E-state index in [1.807, 2.05) is 35.7 Å². The number of thiazole rings is 1. The number of piperidine rings is 1. The summed E-state index contributed by atoms with van der Waals surface area (Å²) in [5, 5.41) is 11.5. The second kappa shape index (κ2) is 11.3. The third-order valence-corrected chi connectivity index (χ3v) is 6.85. The largest absolute Gasteiger partial charge is 0.493 e. The molecule has 0 bridgehead atoms. The van der Waals surface area contributed by atoms with Crippen LogP contribution in [0.1, 0.15) is 18.5 Å². The van der Waals surface area contributed by atoms with Crippen LogP contribution < -0.4 is 19.1 Å². The number of ether oxygens (including phenoxy) is 3. The predicted octanol–water partition coefficient (Wildman–Crippen LogP) is 4.63. The number of methoxy groups -OCH3 is 3. The van der Waals surface area contributed by atoms with E-state index in [2.05, 4.69) is 9.88 Å². The Morgan fingerprint density at radius 3 is 2.43 bits per heavy atom. The molecule has 186 valence electrons. The standard InChI is InChI=1S/C25H30N4O5S/c1-32-21-11-18(12-22(33-2)24(21)34-3)20-5-4-6-23(27-20)28-9-7-17(8-10-28)13-29(25(30)31)14-19-15-35-16-26-19/h4-6,11-12,15-17H,7-10,13-14H2,1-3H3,(H,30,31). The highest BCUT2D eigenvalue weighted by Gasteiger charge is 2.25. The number of rotatable bonds is 9. The third kappa shape index (κ3) is 5.76. The van der Waals surface area contributed by atoms with Gasteiger partial charge in [0.1, 0.15) is 5.82 Å². The second-order valence-electron chi connectivity index (χ2n) is 8.37. The number of anilines is 1. The smallest absolute Gasteiger partial charge is 0.407 e. The zero-order valence-electron chi connectivity index (χ0n) is 20.1. The average molecular weight is 499 g/mol. The summed E-state index contributed by atoms with van der Waals surface area (Å²) in [5.74, 6) is 2.90. The number of amides is 1. The van der Waals surface area contributed by atoms with Gasteiger partial charge in [-0.15, -0.1) is 11.3 Å². The van der Waals surface area contributed by atoms with Gasteiger partial charge in [0.25, 0.3) is 0 Å². The lowest BCUT2D eigenvalue weighted by molar-refractivity contribution is 0.129. The number of carbonyl (C=O) groups is 1. The Labute approximate surface area is 208 Å². The van der Waals surface area contributed by atoms with Crippen LogP contribution in [0, 0.1) is 5.92 Å².